The molecule has 22 heavy (non-hydrogen) atoms. The fourth-order valence-corrected chi connectivity index (χ4v) is 2.78. The minimum atomic E-state index is -0.379. The second kappa shape index (κ2) is 5.08. The number of hydrogen-bond donors (Lipinski definition) is 1. The Bertz CT molecular complexity index is 570. The monoisotopic (exact) mass is 302 g/mol. The second-order valence-electron chi connectivity index (χ2n) is 7.15. The fraction of sp³-hybridized carbons (Fsp3) is 0.562. The van der Waals surface area contributed by atoms with Gasteiger partial charge in [-0.2, -0.15) is 0 Å². The van der Waals surface area contributed by atoms with Crippen molar-refractivity contribution < 1.29 is 14.1 Å². The van der Waals surface area contributed by atoms with Gasteiger partial charge in [-0.25, -0.2) is 0 Å². The standard InChI is InChI=1S/C16H23BN2O3/c1-15(2)16(3,4)22-17(21-15)11-5-7-13(8-6-11)19-10-12(18)9-14(19)20/h5-8,12H,9-10,18H2,1-4H3/t12-/m0/s1. The van der Waals surface area contributed by atoms with Crippen LogP contribution in [0.3, 0.4) is 0 Å². The summed E-state index contributed by atoms with van der Waals surface area (Å²) in [7, 11) is -0.379. The van der Waals surface area contributed by atoms with Gasteiger partial charge in [-0.05, 0) is 45.3 Å². The lowest BCUT2D eigenvalue weighted by atomic mass is 9.79. The number of carbonyl (C=O) groups excluding carboxylic acids is 1. The summed E-state index contributed by atoms with van der Waals surface area (Å²) in [5, 5.41) is 0. The Kier molecular flexibility index (Phi) is 3.59. The van der Waals surface area contributed by atoms with E-state index in [-0.39, 0.29) is 30.3 Å². The van der Waals surface area contributed by atoms with Crippen LogP contribution in [0.4, 0.5) is 5.69 Å². The van der Waals surface area contributed by atoms with Crippen molar-refractivity contribution in [1.29, 1.82) is 0 Å². The van der Waals surface area contributed by atoms with Gasteiger partial charge in [0.2, 0.25) is 5.91 Å². The average Bonchev–Trinajstić information content (AvgIpc) is 2.86. The van der Waals surface area contributed by atoms with Crippen LogP contribution in [0.25, 0.3) is 0 Å². The Morgan fingerprint density at radius 1 is 1.14 bits per heavy atom. The van der Waals surface area contributed by atoms with Gasteiger partial charge in [0.25, 0.3) is 0 Å². The van der Waals surface area contributed by atoms with E-state index in [9.17, 15) is 4.79 Å². The third-order valence-corrected chi connectivity index (χ3v) is 4.89. The number of nitrogens with two attached hydrogens (primary N) is 1. The number of benzene rings is 1. The predicted molar refractivity (Wildman–Crippen MR) is 87.1 cm³/mol. The van der Waals surface area contributed by atoms with Crippen molar-refractivity contribution in [1.82, 2.24) is 0 Å². The Hall–Kier alpha value is -1.37. The predicted octanol–water partition coefficient (Wildman–Crippen LogP) is 1.05. The first kappa shape index (κ1) is 15.5. The quantitative estimate of drug-likeness (QED) is 0.829. The molecular weight excluding hydrogens is 279 g/mol. The summed E-state index contributed by atoms with van der Waals surface area (Å²) in [6.45, 7) is 8.71. The van der Waals surface area contributed by atoms with Crippen LogP contribution in [0.1, 0.15) is 34.1 Å². The zero-order valence-electron chi connectivity index (χ0n) is 13.6. The van der Waals surface area contributed by atoms with Gasteiger partial charge in [0.05, 0.1) is 11.2 Å². The Morgan fingerprint density at radius 3 is 2.14 bits per heavy atom. The van der Waals surface area contributed by atoms with E-state index in [1.165, 1.54) is 0 Å². The smallest absolute Gasteiger partial charge is 0.399 e. The molecule has 1 atom stereocenters. The number of hydrogen-bond acceptors (Lipinski definition) is 4. The Balaban J connectivity index is 1.77. The Labute approximate surface area is 131 Å². The molecule has 0 radical (unpaired) electrons. The summed E-state index contributed by atoms with van der Waals surface area (Å²) in [5.41, 5.74) is 6.96. The largest absolute Gasteiger partial charge is 0.494 e. The molecule has 2 aliphatic heterocycles. The summed E-state index contributed by atoms with van der Waals surface area (Å²) in [6.07, 6.45) is 0.416. The molecule has 2 saturated heterocycles. The van der Waals surface area contributed by atoms with E-state index in [2.05, 4.69) is 0 Å². The zero-order chi connectivity index (χ0) is 16.1. The molecule has 2 heterocycles. The van der Waals surface area contributed by atoms with Crippen LogP contribution < -0.4 is 16.1 Å². The maximum absolute atomic E-state index is 11.9. The molecule has 2 N–H and O–H groups in total. The topological polar surface area (TPSA) is 64.8 Å². The first-order valence-corrected chi connectivity index (χ1v) is 7.71. The fourth-order valence-electron chi connectivity index (χ4n) is 2.78. The van der Waals surface area contributed by atoms with Gasteiger partial charge in [0.1, 0.15) is 0 Å². The summed E-state index contributed by atoms with van der Waals surface area (Å²) in [5.74, 6) is 0.0795. The minimum Gasteiger partial charge on any atom is -0.399 e. The van der Waals surface area contributed by atoms with Crippen molar-refractivity contribution in [3.05, 3.63) is 24.3 Å². The third-order valence-electron chi connectivity index (χ3n) is 4.89. The SMILES string of the molecule is CC1(C)OB(c2ccc(N3C[C@@H](N)CC3=O)cc2)OC1(C)C. The van der Waals surface area contributed by atoms with Gasteiger partial charge in [0.15, 0.2) is 0 Å². The van der Waals surface area contributed by atoms with Crippen LogP contribution in [0, 0.1) is 0 Å². The van der Waals surface area contributed by atoms with Gasteiger partial charge in [0, 0.05) is 24.7 Å². The molecular formula is C16H23BN2O3. The summed E-state index contributed by atoms with van der Waals surface area (Å²) in [6, 6.07) is 7.69. The second-order valence-corrected chi connectivity index (χ2v) is 7.15. The van der Waals surface area contributed by atoms with Crippen LogP contribution in [0.2, 0.25) is 0 Å². The van der Waals surface area contributed by atoms with Crippen LogP contribution in [0.5, 0.6) is 0 Å². The highest BCUT2D eigenvalue weighted by atomic mass is 16.7. The maximum Gasteiger partial charge on any atom is 0.494 e. The first-order valence-electron chi connectivity index (χ1n) is 7.71. The van der Waals surface area contributed by atoms with E-state index < -0.39 is 0 Å². The van der Waals surface area contributed by atoms with Gasteiger partial charge in [-0.15, -0.1) is 0 Å². The van der Waals surface area contributed by atoms with Crippen LogP contribution in [-0.4, -0.2) is 36.8 Å². The summed E-state index contributed by atoms with van der Waals surface area (Å²) < 4.78 is 12.1. The van der Waals surface area contributed by atoms with Crippen molar-refractivity contribution in [2.75, 3.05) is 11.4 Å². The number of carbonyl (C=O) groups is 1. The molecule has 2 fully saturated rings. The molecule has 118 valence electrons. The normalized spacial score (nSPS) is 26.8. The van der Waals surface area contributed by atoms with Crippen LogP contribution in [-0.2, 0) is 14.1 Å². The van der Waals surface area contributed by atoms with E-state index in [0.717, 1.165) is 11.2 Å². The molecule has 5 nitrogen and oxygen atoms in total. The molecule has 1 aromatic carbocycles. The molecule has 0 aliphatic carbocycles. The summed E-state index contributed by atoms with van der Waals surface area (Å²) in [4.78, 5) is 13.6. The lowest BCUT2D eigenvalue weighted by Crippen LogP contribution is -2.41. The molecule has 0 spiro atoms. The highest BCUT2D eigenvalue weighted by molar-refractivity contribution is 6.62. The third kappa shape index (κ3) is 2.55. The maximum atomic E-state index is 11.9. The lowest BCUT2D eigenvalue weighted by molar-refractivity contribution is -0.117. The van der Waals surface area contributed by atoms with Gasteiger partial charge in [-0.1, -0.05) is 12.1 Å². The van der Waals surface area contributed by atoms with Crippen molar-refractivity contribution in [2.45, 2.75) is 51.4 Å². The molecule has 1 aromatic rings. The zero-order valence-corrected chi connectivity index (χ0v) is 13.6. The van der Waals surface area contributed by atoms with Gasteiger partial charge >= 0.3 is 7.12 Å². The van der Waals surface area contributed by atoms with Gasteiger partial charge < -0.3 is 19.9 Å². The number of nitrogens with zero attached hydrogens (tertiary/aromatic N) is 1. The first-order chi connectivity index (χ1) is 10.2. The Morgan fingerprint density at radius 2 is 1.68 bits per heavy atom. The molecule has 1 amide bonds. The number of anilines is 1. The minimum absolute atomic E-state index is 0.0738. The number of rotatable bonds is 2. The van der Waals surface area contributed by atoms with Crippen LogP contribution >= 0.6 is 0 Å². The van der Waals surface area contributed by atoms with E-state index in [4.69, 9.17) is 15.0 Å². The molecule has 0 unspecified atom stereocenters. The van der Waals surface area contributed by atoms with E-state index in [1.54, 1.807) is 4.90 Å². The molecule has 0 bridgehead atoms. The van der Waals surface area contributed by atoms with E-state index >= 15 is 0 Å². The van der Waals surface area contributed by atoms with Crippen molar-refractivity contribution >= 4 is 24.2 Å². The molecule has 3 rings (SSSR count). The number of amides is 1. The van der Waals surface area contributed by atoms with E-state index in [0.29, 0.717) is 13.0 Å². The van der Waals surface area contributed by atoms with Crippen molar-refractivity contribution in [3.8, 4) is 0 Å². The molecule has 0 saturated carbocycles. The molecule has 6 heteroatoms. The van der Waals surface area contributed by atoms with Crippen LogP contribution in [0.15, 0.2) is 24.3 Å². The van der Waals surface area contributed by atoms with Crippen molar-refractivity contribution in [2.24, 2.45) is 5.73 Å². The molecule has 2 aliphatic rings. The molecule has 0 aromatic heterocycles. The summed E-state index contributed by atoms with van der Waals surface area (Å²) >= 11 is 0. The average molecular weight is 302 g/mol. The lowest BCUT2D eigenvalue weighted by Gasteiger charge is -2.32. The van der Waals surface area contributed by atoms with E-state index in [1.807, 2.05) is 52.0 Å². The highest BCUT2D eigenvalue weighted by Crippen LogP contribution is 2.36. The van der Waals surface area contributed by atoms with Crippen molar-refractivity contribution in [3.63, 3.8) is 0 Å². The highest BCUT2D eigenvalue weighted by Gasteiger charge is 2.51. The van der Waals surface area contributed by atoms with Gasteiger partial charge in [-0.3, -0.25) is 4.79 Å².